The number of benzene rings is 2. The molecule has 1 amide bonds. The second kappa shape index (κ2) is 9.75. The normalized spacial score (nSPS) is 11.3. The summed E-state index contributed by atoms with van der Waals surface area (Å²) in [5, 5.41) is 0. The van der Waals surface area contributed by atoms with Crippen molar-refractivity contribution >= 4 is 28.7 Å². The first-order chi connectivity index (χ1) is 13.6. The molecule has 0 spiro atoms. The van der Waals surface area contributed by atoms with Gasteiger partial charge in [-0.3, -0.25) is 4.79 Å². The highest BCUT2D eigenvalue weighted by molar-refractivity contribution is 7.97. The molecule has 28 heavy (non-hydrogen) atoms. The molecule has 0 aliphatic rings. The molecule has 5 nitrogen and oxygen atoms in total. The van der Waals surface area contributed by atoms with Crippen LogP contribution in [-0.2, 0) is 23.6 Å². The van der Waals surface area contributed by atoms with E-state index in [0.29, 0.717) is 19.6 Å². The van der Waals surface area contributed by atoms with Crippen LogP contribution in [0.4, 0.5) is 0 Å². The molecule has 0 aliphatic carbocycles. The quantitative estimate of drug-likeness (QED) is 0.555. The van der Waals surface area contributed by atoms with E-state index in [-0.39, 0.29) is 5.91 Å². The van der Waals surface area contributed by atoms with E-state index in [9.17, 15) is 4.79 Å². The molecule has 1 heterocycles. The summed E-state index contributed by atoms with van der Waals surface area (Å²) >= 11 is 1.72. The Kier molecular flexibility index (Phi) is 7.12. The molecule has 0 saturated carbocycles. The molecule has 148 valence electrons. The van der Waals surface area contributed by atoms with Gasteiger partial charge < -0.3 is 14.4 Å². The number of likely N-dealkylation sites (N-methyl/N-ethyl adjacent to an activating group) is 1. The molecule has 0 fully saturated rings. The molecule has 2 aromatic carbocycles. The lowest BCUT2D eigenvalue weighted by Crippen LogP contribution is -2.38. The van der Waals surface area contributed by atoms with Gasteiger partial charge in [0.2, 0.25) is 5.91 Å². The van der Waals surface area contributed by atoms with E-state index in [1.807, 2.05) is 61.5 Å². The number of carbonyl (C=O) groups excluding carboxylic acids is 1. The van der Waals surface area contributed by atoms with Crippen LogP contribution in [-0.4, -0.2) is 58.7 Å². The summed E-state index contributed by atoms with van der Waals surface area (Å²) in [5.41, 5.74) is 3.11. The molecule has 0 N–H and O–H groups in total. The van der Waals surface area contributed by atoms with Gasteiger partial charge in [-0.15, -0.1) is 0 Å². The van der Waals surface area contributed by atoms with Crippen molar-refractivity contribution in [3.63, 3.8) is 0 Å². The van der Waals surface area contributed by atoms with E-state index in [4.69, 9.17) is 4.98 Å². The van der Waals surface area contributed by atoms with E-state index >= 15 is 0 Å². The van der Waals surface area contributed by atoms with E-state index in [1.54, 1.807) is 11.8 Å². The van der Waals surface area contributed by atoms with Crippen molar-refractivity contribution in [2.75, 3.05) is 33.4 Å². The number of rotatable bonds is 9. The predicted octanol–water partition coefficient (Wildman–Crippen LogP) is 3.49. The number of thioether (sulfide) groups is 1. The van der Waals surface area contributed by atoms with Gasteiger partial charge in [-0.2, -0.15) is 11.8 Å². The van der Waals surface area contributed by atoms with Gasteiger partial charge >= 0.3 is 0 Å². The van der Waals surface area contributed by atoms with E-state index in [1.165, 1.54) is 0 Å². The summed E-state index contributed by atoms with van der Waals surface area (Å²) in [7, 11) is 4.07. The minimum atomic E-state index is 0.121. The fourth-order valence-corrected chi connectivity index (χ4v) is 3.67. The molecule has 1 aromatic heterocycles. The lowest BCUT2D eigenvalue weighted by Gasteiger charge is -2.25. The predicted molar refractivity (Wildman–Crippen MR) is 117 cm³/mol. The number of aromatic nitrogens is 2. The average Bonchev–Trinajstić information content (AvgIpc) is 3.03. The van der Waals surface area contributed by atoms with Crippen molar-refractivity contribution in [1.82, 2.24) is 19.4 Å². The molecule has 0 atom stereocenters. The van der Waals surface area contributed by atoms with Crippen LogP contribution in [0.15, 0.2) is 54.6 Å². The van der Waals surface area contributed by atoms with Crippen molar-refractivity contribution in [2.45, 2.75) is 18.8 Å². The Morgan fingerprint density at radius 1 is 1.04 bits per heavy atom. The molecule has 6 heteroatoms. The van der Waals surface area contributed by atoms with Gasteiger partial charge in [0.25, 0.3) is 0 Å². The monoisotopic (exact) mass is 396 g/mol. The van der Waals surface area contributed by atoms with Gasteiger partial charge in [-0.1, -0.05) is 42.5 Å². The Bertz CT molecular complexity index is 907. The molecule has 0 bridgehead atoms. The van der Waals surface area contributed by atoms with Gasteiger partial charge in [0.1, 0.15) is 12.4 Å². The zero-order chi connectivity index (χ0) is 19.9. The SMILES string of the molecule is CSCc1nc2ccccc2n1CC(=O)N(CCN(C)C)Cc1ccccc1. The third-order valence-electron chi connectivity index (χ3n) is 4.69. The van der Waals surface area contributed by atoms with Gasteiger partial charge in [0.05, 0.1) is 16.8 Å². The van der Waals surface area contributed by atoms with E-state index in [0.717, 1.165) is 34.7 Å². The van der Waals surface area contributed by atoms with Crippen LogP contribution in [0.1, 0.15) is 11.4 Å². The molecule has 0 aliphatic heterocycles. The average molecular weight is 397 g/mol. The topological polar surface area (TPSA) is 41.4 Å². The summed E-state index contributed by atoms with van der Waals surface area (Å²) in [5.74, 6) is 1.86. The molecule has 3 rings (SSSR count). The van der Waals surface area contributed by atoms with Crippen LogP contribution in [0.5, 0.6) is 0 Å². The summed E-state index contributed by atoms with van der Waals surface area (Å²) in [6, 6.07) is 18.2. The lowest BCUT2D eigenvalue weighted by atomic mass is 10.2. The highest BCUT2D eigenvalue weighted by Gasteiger charge is 2.18. The third kappa shape index (κ3) is 5.14. The van der Waals surface area contributed by atoms with Crippen molar-refractivity contribution in [3.8, 4) is 0 Å². The number of hydrogen-bond acceptors (Lipinski definition) is 4. The Labute approximate surface area is 171 Å². The highest BCUT2D eigenvalue weighted by Crippen LogP contribution is 2.19. The zero-order valence-corrected chi connectivity index (χ0v) is 17.7. The summed E-state index contributed by atoms with van der Waals surface area (Å²) < 4.78 is 2.07. The van der Waals surface area contributed by atoms with Crippen molar-refractivity contribution in [3.05, 3.63) is 66.0 Å². The van der Waals surface area contributed by atoms with Crippen LogP contribution < -0.4 is 0 Å². The van der Waals surface area contributed by atoms with Crippen molar-refractivity contribution in [1.29, 1.82) is 0 Å². The fraction of sp³-hybridized carbons (Fsp3) is 0.364. The second-order valence-electron chi connectivity index (χ2n) is 7.14. The Hall–Kier alpha value is -2.31. The minimum absolute atomic E-state index is 0.121. The molecular weight excluding hydrogens is 368 g/mol. The smallest absolute Gasteiger partial charge is 0.242 e. The van der Waals surface area contributed by atoms with Gasteiger partial charge in [-0.05, 0) is 38.0 Å². The molecule has 0 radical (unpaired) electrons. The maximum Gasteiger partial charge on any atom is 0.242 e. The van der Waals surface area contributed by atoms with Crippen LogP contribution in [0.25, 0.3) is 11.0 Å². The number of carbonyl (C=O) groups is 1. The Morgan fingerprint density at radius 2 is 1.75 bits per heavy atom. The van der Waals surface area contributed by atoms with Crippen LogP contribution in [0.2, 0.25) is 0 Å². The van der Waals surface area contributed by atoms with Crippen molar-refractivity contribution < 1.29 is 4.79 Å². The number of amides is 1. The molecule has 0 saturated heterocycles. The summed E-state index contributed by atoms with van der Waals surface area (Å²) in [6.07, 6.45) is 2.06. The zero-order valence-electron chi connectivity index (χ0n) is 16.8. The highest BCUT2D eigenvalue weighted by atomic mass is 32.2. The van der Waals surface area contributed by atoms with Crippen molar-refractivity contribution in [2.24, 2.45) is 0 Å². The molecule has 0 unspecified atom stereocenters. The summed E-state index contributed by atoms with van der Waals surface area (Å²) in [6.45, 7) is 2.47. The first-order valence-electron chi connectivity index (χ1n) is 9.48. The number of hydrogen-bond donors (Lipinski definition) is 0. The number of para-hydroxylation sites is 2. The summed E-state index contributed by atoms with van der Waals surface area (Å²) in [4.78, 5) is 22.1. The number of imidazole rings is 1. The van der Waals surface area contributed by atoms with E-state index in [2.05, 4.69) is 27.9 Å². The lowest BCUT2D eigenvalue weighted by molar-refractivity contribution is -0.132. The van der Waals surface area contributed by atoms with Gasteiger partial charge in [0.15, 0.2) is 0 Å². The first-order valence-corrected chi connectivity index (χ1v) is 10.9. The van der Waals surface area contributed by atoms with Crippen LogP contribution in [0, 0.1) is 0 Å². The fourth-order valence-electron chi connectivity index (χ4n) is 3.19. The number of fused-ring (bicyclic) bond motifs is 1. The molecular formula is C22H28N4OS. The maximum absolute atomic E-state index is 13.3. The minimum Gasteiger partial charge on any atom is -0.336 e. The first kappa shape index (κ1) is 20.4. The number of nitrogens with zero attached hydrogens (tertiary/aromatic N) is 4. The van der Waals surface area contributed by atoms with Crippen LogP contribution >= 0.6 is 11.8 Å². The largest absolute Gasteiger partial charge is 0.336 e. The second-order valence-corrected chi connectivity index (χ2v) is 8.01. The maximum atomic E-state index is 13.3. The Morgan fingerprint density at radius 3 is 2.46 bits per heavy atom. The standard InChI is InChI=1S/C22H28N4OS/c1-24(2)13-14-25(15-18-9-5-4-6-10-18)22(27)16-26-20-12-8-7-11-19(20)23-21(26)17-28-3/h4-12H,13-17H2,1-3H3. The van der Waals surface area contributed by atoms with E-state index < -0.39 is 0 Å². The van der Waals surface area contributed by atoms with Gasteiger partial charge in [0, 0.05) is 19.6 Å². The Balaban J connectivity index is 1.84. The molecule has 3 aromatic rings. The van der Waals surface area contributed by atoms with Gasteiger partial charge in [-0.25, -0.2) is 4.98 Å². The van der Waals surface area contributed by atoms with Crippen LogP contribution in [0.3, 0.4) is 0 Å². The third-order valence-corrected chi connectivity index (χ3v) is 5.23.